The molecule has 35 heavy (non-hydrogen) atoms. The fourth-order valence-corrected chi connectivity index (χ4v) is 6.02. The molecule has 5 rings (SSSR count). The Kier molecular flexibility index (Phi) is 4.84. The lowest BCUT2D eigenvalue weighted by molar-refractivity contribution is -0.384. The van der Waals surface area contributed by atoms with Crippen LogP contribution in [0.4, 0.5) is 20.2 Å². The smallest absolute Gasteiger partial charge is 0.269 e. The number of fused-ring (bicyclic) bond motifs is 3. The van der Waals surface area contributed by atoms with E-state index in [0.717, 1.165) is 29.0 Å². The van der Waals surface area contributed by atoms with Gasteiger partial charge in [-0.25, -0.2) is 8.78 Å². The molecule has 0 unspecified atom stereocenters. The zero-order valence-electron chi connectivity index (χ0n) is 21.7. The zero-order chi connectivity index (χ0) is 28.2. The molecule has 0 bridgehead atoms. The number of anilines is 1. The predicted molar refractivity (Wildman–Crippen MR) is 131 cm³/mol. The molecule has 0 N–H and O–H groups in total. The third-order valence-electron chi connectivity index (χ3n) is 5.48. The second-order valence-corrected chi connectivity index (χ2v) is 9.56. The maximum Gasteiger partial charge on any atom is 0.269 e. The highest BCUT2D eigenvalue weighted by Gasteiger charge is 2.29. The van der Waals surface area contributed by atoms with Gasteiger partial charge in [0, 0.05) is 36.2 Å². The number of hydrogen-bond acceptors (Lipinski definition) is 6. The number of nitro groups is 1. The van der Waals surface area contributed by atoms with E-state index in [2.05, 4.69) is 0 Å². The molecule has 1 amide bonds. The molecule has 1 aliphatic heterocycles. The van der Waals surface area contributed by atoms with Crippen molar-refractivity contribution in [3.8, 4) is 9.75 Å². The van der Waals surface area contributed by atoms with Gasteiger partial charge in [0.05, 0.1) is 30.7 Å². The summed E-state index contributed by atoms with van der Waals surface area (Å²) in [7, 11) is 0. The van der Waals surface area contributed by atoms with Crippen molar-refractivity contribution >= 4 is 45.7 Å². The molecule has 6 nitrogen and oxygen atoms in total. The molecule has 3 heterocycles. The van der Waals surface area contributed by atoms with Crippen LogP contribution in [-0.2, 0) is 12.8 Å². The van der Waals surface area contributed by atoms with E-state index in [1.54, 1.807) is 17.5 Å². The highest BCUT2D eigenvalue weighted by Crippen LogP contribution is 2.45. The molecule has 0 saturated heterocycles. The summed E-state index contributed by atoms with van der Waals surface area (Å²) < 4.78 is 60.4. The molecule has 4 aromatic rings. The molecule has 1 aliphatic rings. The molecule has 0 saturated carbocycles. The van der Waals surface area contributed by atoms with Crippen molar-refractivity contribution < 1.29 is 28.8 Å². The first-order valence-corrected chi connectivity index (χ1v) is 11.9. The Bertz CT molecular complexity index is 1660. The van der Waals surface area contributed by atoms with Crippen LogP contribution < -0.4 is 4.90 Å². The van der Waals surface area contributed by atoms with Crippen LogP contribution in [0.25, 0.3) is 9.75 Å². The van der Waals surface area contributed by atoms with Crippen LogP contribution in [-0.4, -0.2) is 23.2 Å². The van der Waals surface area contributed by atoms with Crippen molar-refractivity contribution in [1.29, 1.82) is 0 Å². The predicted octanol–water partition coefficient (Wildman–Crippen LogP) is 6.29. The first kappa shape index (κ1) is 18.6. The van der Waals surface area contributed by atoms with E-state index in [-0.39, 0.29) is 18.5 Å². The summed E-state index contributed by atoms with van der Waals surface area (Å²) >= 11 is 2.41. The SMILES string of the molecule is [2H]c1c([2H])c([N+](=O)[O-])c([2H])c([2H])c1C(=O)N1CCc2cc(C(=O)Cc3c(F)cccc3F)sc2-c2sccc21. The molecule has 0 atom stereocenters. The van der Waals surface area contributed by atoms with Gasteiger partial charge in [-0.05, 0) is 53.7 Å². The van der Waals surface area contributed by atoms with Crippen molar-refractivity contribution in [3.05, 3.63) is 103 Å². The van der Waals surface area contributed by atoms with Crippen molar-refractivity contribution in [3.63, 3.8) is 0 Å². The topological polar surface area (TPSA) is 80.5 Å². The number of nitro benzene ring substituents is 1. The standard InChI is InChI=1S/C25H16F2N2O4S2/c26-18-2-1-3-19(27)17(18)13-21(30)22-12-15-8-10-28(20-9-11-34-24(20)23(15)35-22)25(31)14-4-6-16(7-5-14)29(32)33/h1-7,9,11-12H,8,10,13H2/i4D,5D,6D,7D. The van der Waals surface area contributed by atoms with Crippen LogP contribution in [0.15, 0.2) is 59.9 Å². The molecule has 2 aromatic heterocycles. The minimum Gasteiger partial charge on any atom is -0.307 e. The monoisotopic (exact) mass is 514 g/mol. The summed E-state index contributed by atoms with van der Waals surface area (Å²) in [6.45, 7) is 0.0540. The summed E-state index contributed by atoms with van der Waals surface area (Å²) in [5.74, 6) is -2.92. The number of Topliss-reactive ketones (excluding diaryl/α,β-unsaturated/α-hetero) is 1. The number of carbonyl (C=O) groups is 2. The quantitative estimate of drug-likeness (QED) is 0.178. The van der Waals surface area contributed by atoms with E-state index in [9.17, 15) is 28.5 Å². The summed E-state index contributed by atoms with van der Waals surface area (Å²) in [6.07, 6.45) is -0.196. The van der Waals surface area contributed by atoms with Crippen LogP contribution in [0, 0.1) is 21.7 Å². The third kappa shape index (κ3) is 4.26. The van der Waals surface area contributed by atoms with Crippen LogP contribution in [0.2, 0.25) is 0 Å². The number of amides is 1. The van der Waals surface area contributed by atoms with E-state index >= 15 is 0 Å². The summed E-state index contributed by atoms with van der Waals surface area (Å²) in [5.41, 5.74) is -0.772. The second kappa shape index (κ2) is 9.12. The van der Waals surface area contributed by atoms with Crippen LogP contribution >= 0.6 is 22.7 Å². The van der Waals surface area contributed by atoms with Gasteiger partial charge in [0.2, 0.25) is 0 Å². The second-order valence-electron chi connectivity index (χ2n) is 7.59. The van der Waals surface area contributed by atoms with E-state index in [1.165, 1.54) is 22.3 Å². The Morgan fingerprint density at radius 1 is 1.11 bits per heavy atom. The van der Waals surface area contributed by atoms with Gasteiger partial charge in [-0.2, -0.15) is 0 Å². The minimum absolute atomic E-state index is 0.0540. The van der Waals surface area contributed by atoms with Crippen molar-refractivity contribution in [2.24, 2.45) is 0 Å². The fourth-order valence-electron chi connectivity index (χ4n) is 3.78. The summed E-state index contributed by atoms with van der Waals surface area (Å²) in [5, 5.41) is 13.0. The molecule has 0 spiro atoms. The van der Waals surface area contributed by atoms with Gasteiger partial charge >= 0.3 is 0 Å². The van der Waals surface area contributed by atoms with Crippen molar-refractivity contribution in [2.75, 3.05) is 11.4 Å². The zero-order valence-corrected chi connectivity index (χ0v) is 19.3. The molecule has 0 aliphatic carbocycles. The largest absolute Gasteiger partial charge is 0.307 e. The number of halogens is 2. The van der Waals surface area contributed by atoms with Gasteiger partial charge in [-0.3, -0.25) is 19.7 Å². The Morgan fingerprint density at radius 3 is 2.51 bits per heavy atom. The van der Waals surface area contributed by atoms with Crippen molar-refractivity contribution in [1.82, 2.24) is 0 Å². The first-order valence-electron chi connectivity index (χ1n) is 12.2. The Hall–Kier alpha value is -3.76. The number of hydrogen-bond donors (Lipinski definition) is 0. The maximum atomic E-state index is 14.1. The van der Waals surface area contributed by atoms with E-state index in [4.69, 9.17) is 5.48 Å². The average molecular weight is 515 g/mol. The molecule has 0 radical (unpaired) electrons. The lowest BCUT2D eigenvalue weighted by Crippen LogP contribution is -2.32. The molecule has 176 valence electrons. The van der Waals surface area contributed by atoms with Gasteiger partial charge in [0.1, 0.15) is 11.6 Å². The van der Waals surface area contributed by atoms with Gasteiger partial charge < -0.3 is 4.90 Å². The number of carbonyl (C=O) groups excluding carboxylic acids is 2. The van der Waals surface area contributed by atoms with Gasteiger partial charge in [-0.1, -0.05) is 6.07 Å². The highest BCUT2D eigenvalue weighted by atomic mass is 32.1. The normalized spacial score (nSPS) is 14.2. The van der Waals surface area contributed by atoms with Gasteiger partial charge in [0.25, 0.3) is 11.6 Å². The van der Waals surface area contributed by atoms with Crippen LogP contribution in [0.1, 0.15) is 36.6 Å². The lowest BCUT2D eigenvalue weighted by atomic mass is 10.1. The molecule has 2 aromatic carbocycles. The fraction of sp³-hybridized carbons (Fsp3) is 0.120. The van der Waals surface area contributed by atoms with E-state index in [0.29, 0.717) is 20.3 Å². The number of thiophene rings is 2. The summed E-state index contributed by atoms with van der Waals surface area (Å²) in [4.78, 5) is 39.7. The lowest BCUT2D eigenvalue weighted by Gasteiger charge is -2.21. The molecular weight excluding hydrogens is 494 g/mol. The van der Waals surface area contributed by atoms with Crippen LogP contribution in [0.5, 0.6) is 0 Å². The molecular formula is C25H16F2N2O4S2. The average Bonchev–Trinajstić information content (AvgIpc) is 3.50. The maximum absolute atomic E-state index is 14.1. The highest BCUT2D eigenvalue weighted by molar-refractivity contribution is 7.23. The first-order chi connectivity index (χ1) is 18.5. The van der Waals surface area contributed by atoms with Crippen molar-refractivity contribution in [2.45, 2.75) is 12.8 Å². The Labute approximate surface area is 211 Å². The molecule has 10 heteroatoms. The Morgan fingerprint density at radius 2 is 1.83 bits per heavy atom. The Balaban J connectivity index is 1.51. The third-order valence-corrected chi connectivity index (χ3v) is 7.77. The number of nitrogens with zero attached hydrogens (tertiary/aromatic N) is 2. The van der Waals surface area contributed by atoms with Gasteiger partial charge in [-0.15, -0.1) is 22.7 Å². The van der Waals surface area contributed by atoms with E-state index < -0.39 is 70.1 Å². The van der Waals surface area contributed by atoms with Crippen LogP contribution in [0.3, 0.4) is 0 Å². The van der Waals surface area contributed by atoms with Gasteiger partial charge in [0.15, 0.2) is 5.78 Å². The van der Waals surface area contributed by atoms with E-state index in [1.807, 2.05) is 0 Å². The number of ketones is 1. The minimum atomic E-state index is -1.02. The number of benzene rings is 2. The molecule has 0 fully saturated rings. The summed E-state index contributed by atoms with van der Waals surface area (Å²) in [6, 6.07) is 3.20. The number of rotatable bonds is 5.